The van der Waals surface area contributed by atoms with Crippen LogP contribution in [0.1, 0.15) is 30.5 Å². The Morgan fingerprint density at radius 3 is 1.76 bits per heavy atom. The molecule has 3 fully saturated rings. The van der Waals surface area contributed by atoms with Crippen LogP contribution in [-0.2, 0) is 29.1 Å². The number of alkyl halides is 1. The SMILES string of the molecule is BrC1=NCc2ncccc21.Brc1nn(CCN2CCOCC2)c2ncccc12.ClCCN1CCCCC1.[CH3][Sn]([CH3])([CH3])[c]1nn(CCN2CCOCC2)c2ncccc12. The van der Waals surface area contributed by atoms with E-state index in [1.54, 1.807) is 6.20 Å². The van der Waals surface area contributed by atoms with Gasteiger partial charge in [-0.2, -0.15) is 5.10 Å². The fraction of sp³-hybridized carbons (Fsp3) is 0.561. The van der Waals surface area contributed by atoms with Gasteiger partial charge in [0.25, 0.3) is 0 Å². The van der Waals surface area contributed by atoms with E-state index in [1.165, 1.54) is 41.4 Å². The number of nitrogens with zero attached hydrogens (tertiary/aromatic N) is 11. The standard InChI is InChI=1S/C12H15BrN4O.C12H15N4O.C7H5BrN2.C7H14ClN.3CH3.Sn/c13-11-10-2-1-3-14-12(10)17(15-11)5-4-16-6-8-18-9-7-16;1-2-11-10-14-16(12(11)13-3-1)5-4-15-6-8-17-9-7-15;8-7-5-2-1-3-9-6(5)4-10-7;8-4-7-9-5-2-1-3-6-9;;;;/h1-3H,4-9H2;1-3H,4-9H2;1-3H,4H2;1-7H2;3*1H3;. The molecule has 0 radical (unpaired) electrons. The molecule has 314 valence electrons. The molecular weight excluding hydrogens is 992 g/mol. The number of ether oxygens (including phenoxy) is 2. The second-order valence-electron chi connectivity index (χ2n) is 15.7. The van der Waals surface area contributed by atoms with Crippen molar-refractivity contribution in [1.82, 2.24) is 49.2 Å². The molecule has 4 aliphatic rings. The van der Waals surface area contributed by atoms with Gasteiger partial charge in [-0.25, -0.2) is 9.67 Å². The molecule has 0 aliphatic carbocycles. The molecule has 0 N–H and O–H groups in total. The molecule has 0 saturated carbocycles. The van der Waals surface area contributed by atoms with Gasteiger partial charge in [0.1, 0.15) is 9.22 Å². The summed E-state index contributed by atoms with van der Waals surface area (Å²) >= 11 is 10.2. The topological polar surface area (TPSA) is 115 Å². The van der Waals surface area contributed by atoms with Crippen LogP contribution in [0.4, 0.5) is 0 Å². The second-order valence-corrected chi connectivity index (χ2v) is 31.8. The summed E-state index contributed by atoms with van der Waals surface area (Å²) in [6.07, 6.45) is 9.63. The molecule has 9 rings (SSSR count). The summed E-state index contributed by atoms with van der Waals surface area (Å²) < 4.78 is 18.0. The van der Waals surface area contributed by atoms with Crippen LogP contribution in [0.5, 0.6) is 0 Å². The molecule has 3 saturated heterocycles. The molecule has 17 heteroatoms. The van der Waals surface area contributed by atoms with Crippen molar-refractivity contribution in [2.75, 3.05) is 91.2 Å². The maximum atomic E-state index is 5.59. The third-order valence-electron chi connectivity index (χ3n) is 10.5. The number of piperidine rings is 1. The van der Waals surface area contributed by atoms with Gasteiger partial charge in [-0.1, -0.05) is 6.42 Å². The van der Waals surface area contributed by atoms with Gasteiger partial charge in [0.15, 0.2) is 5.65 Å². The predicted molar refractivity (Wildman–Crippen MR) is 245 cm³/mol. The molecule has 9 heterocycles. The van der Waals surface area contributed by atoms with Crippen LogP contribution in [0.3, 0.4) is 0 Å². The summed E-state index contributed by atoms with van der Waals surface area (Å²) in [5, 5.41) is 11.8. The fourth-order valence-corrected chi connectivity index (χ4v) is 12.5. The van der Waals surface area contributed by atoms with E-state index in [0.717, 1.165) is 135 Å². The van der Waals surface area contributed by atoms with E-state index in [2.05, 4.69) is 97.2 Å². The number of halogens is 3. The molecule has 0 bridgehead atoms. The molecule has 58 heavy (non-hydrogen) atoms. The zero-order valence-corrected chi connectivity index (χ0v) is 41.0. The van der Waals surface area contributed by atoms with E-state index in [9.17, 15) is 0 Å². The van der Waals surface area contributed by atoms with Gasteiger partial charge in [-0.3, -0.25) is 14.9 Å². The zero-order chi connectivity index (χ0) is 40.7. The van der Waals surface area contributed by atoms with Crippen molar-refractivity contribution in [3.63, 3.8) is 0 Å². The molecule has 0 unspecified atom stereocenters. The number of rotatable bonds is 9. The number of hydrogen-bond donors (Lipinski definition) is 0. The van der Waals surface area contributed by atoms with Crippen LogP contribution in [-0.4, -0.2) is 163 Å². The first-order valence-corrected chi connectivity index (χ1v) is 32.6. The summed E-state index contributed by atoms with van der Waals surface area (Å²) in [4.78, 5) is 31.8. The first kappa shape index (κ1) is 45.4. The van der Waals surface area contributed by atoms with E-state index in [1.807, 2.05) is 47.4 Å². The minimum absolute atomic E-state index is 0.719. The van der Waals surface area contributed by atoms with Crippen LogP contribution in [0.15, 0.2) is 64.6 Å². The van der Waals surface area contributed by atoms with Gasteiger partial charge in [-0.15, -0.1) is 11.6 Å². The van der Waals surface area contributed by atoms with Gasteiger partial charge in [0.05, 0.1) is 37.4 Å². The average molecular weight is 1050 g/mol. The summed E-state index contributed by atoms with van der Waals surface area (Å²) in [7, 11) is 0. The monoisotopic (exact) mass is 1050 g/mol. The van der Waals surface area contributed by atoms with Crippen LogP contribution in [0, 0.1) is 0 Å². The van der Waals surface area contributed by atoms with Crippen molar-refractivity contribution in [1.29, 1.82) is 0 Å². The van der Waals surface area contributed by atoms with Gasteiger partial charge in [0, 0.05) is 50.0 Å². The van der Waals surface area contributed by atoms with E-state index >= 15 is 0 Å². The molecular formula is C41H58Br2ClN11O2Sn. The van der Waals surface area contributed by atoms with E-state index in [-0.39, 0.29) is 0 Å². The molecule has 0 amide bonds. The summed E-state index contributed by atoms with van der Waals surface area (Å²) in [6.45, 7) is 15.6. The zero-order valence-electron chi connectivity index (χ0n) is 34.2. The Kier molecular flexibility index (Phi) is 18.2. The second kappa shape index (κ2) is 23.2. The molecule has 0 spiro atoms. The van der Waals surface area contributed by atoms with E-state index in [0.29, 0.717) is 0 Å². The van der Waals surface area contributed by atoms with Crippen molar-refractivity contribution in [3.8, 4) is 0 Å². The van der Waals surface area contributed by atoms with Crippen LogP contribution in [0.25, 0.3) is 22.1 Å². The van der Waals surface area contributed by atoms with Gasteiger partial charge in [0.2, 0.25) is 0 Å². The number of aromatic nitrogens is 7. The third-order valence-corrected chi connectivity index (χ3v) is 17.0. The Morgan fingerprint density at radius 1 is 0.638 bits per heavy atom. The number of aliphatic imine (C=N–C) groups is 1. The number of morpholine rings is 2. The van der Waals surface area contributed by atoms with Gasteiger partial charge < -0.3 is 9.64 Å². The number of fused-ring (bicyclic) bond motifs is 3. The maximum absolute atomic E-state index is 5.59. The fourth-order valence-electron chi connectivity index (χ4n) is 7.25. The third kappa shape index (κ3) is 13.2. The van der Waals surface area contributed by atoms with Crippen molar-refractivity contribution in [3.05, 3.63) is 70.8 Å². The van der Waals surface area contributed by atoms with Crippen molar-refractivity contribution < 1.29 is 9.47 Å². The van der Waals surface area contributed by atoms with Crippen molar-refractivity contribution in [2.24, 2.45) is 4.99 Å². The quantitative estimate of drug-likeness (QED) is 0.124. The Morgan fingerprint density at radius 2 is 1.17 bits per heavy atom. The summed E-state index contributed by atoms with van der Waals surface area (Å²) in [5.41, 5.74) is 4.18. The summed E-state index contributed by atoms with van der Waals surface area (Å²) in [5.74, 6) is 0.792. The van der Waals surface area contributed by atoms with Crippen molar-refractivity contribution >= 4 is 92.2 Å². The Bertz CT molecular complexity index is 2040. The van der Waals surface area contributed by atoms with Gasteiger partial charge >= 0.3 is 130 Å². The first-order valence-electron chi connectivity index (χ1n) is 20.5. The van der Waals surface area contributed by atoms with Crippen molar-refractivity contribution in [2.45, 2.75) is 53.7 Å². The van der Waals surface area contributed by atoms with E-state index in [4.69, 9.17) is 26.2 Å². The normalized spacial score (nSPS) is 17.7. The molecule has 4 aliphatic heterocycles. The Hall–Kier alpha value is -2.09. The number of pyridine rings is 3. The average Bonchev–Trinajstić information content (AvgIpc) is 3.94. The molecule has 0 atom stereocenters. The van der Waals surface area contributed by atoms with Crippen LogP contribution < -0.4 is 3.71 Å². The van der Waals surface area contributed by atoms with Crippen LogP contribution >= 0.6 is 43.5 Å². The van der Waals surface area contributed by atoms with Gasteiger partial charge in [-0.05, 0) is 82.1 Å². The predicted octanol–water partition coefficient (Wildman–Crippen LogP) is 6.28. The minimum atomic E-state index is -2.21. The number of likely N-dealkylation sites (tertiary alicyclic amines) is 1. The Labute approximate surface area is 369 Å². The summed E-state index contributed by atoms with van der Waals surface area (Å²) in [6, 6.07) is 12.1. The van der Waals surface area contributed by atoms with Crippen LogP contribution in [0.2, 0.25) is 14.8 Å². The number of hydrogen-bond acceptors (Lipinski definition) is 11. The molecule has 0 aromatic carbocycles. The first-order chi connectivity index (χ1) is 28.2. The molecule has 5 aromatic heterocycles. The Balaban J connectivity index is 0.000000138. The molecule has 5 aromatic rings. The molecule has 13 nitrogen and oxygen atoms in total. The van der Waals surface area contributed by atoms with E-state index < -0.39 is 18.4 Å².